The number of phenols is 1. The van der Waals surface area contributed by atoms with Crippen LogP contribution in [0.4, 0.5) is 0 Å². The Morgan fingerprint density at radius 2 is 2.09 bits per heavy atom. The zero-order valence-corrected chi connectivity index (χ0v) is 18.2. The van der Waals surface area contributed by atoms with Crippen LogP contribution in [0.15, 0.2) is 24.0 Å². The number of esters is 2. The van der Waals surface area contributed by atoms with Gasteiger partial charge in [0.1, 0.15) is 5.76 Å². The summed E-state index contributed by atoms with van der Waals surface area (Å²) in [4.78, 5) is 37.4. The van der Waals surface area contributed by atoms with Gasteiger partial charge >= 0.3 is 17.9 Å². The second-order valence-electron chi connectivity index (χ2n) is 9.22. The fraction of sp³-hybridized carbons (Fsp3) is 0.522. The van der Waals surface area contributed by atoms with Gasteiger partial charge in [-0.25, -0.2) is 4.79 Å². The van der Waals surface area contributed by atoms with Crippen molar-refractivity contribution in [3.05, 3.63) is 35.1 Å². The van der Waals surface area contributed by atoms with Gasteiger partial charge in [0.05, 0.1) is 17.4 Å². The molecule has 0 radical (unpaired) electrons. The van der Waals surface area contributed by atoms with Gasteiger partial charge < -0.3 is 34.4 Å². The minimum atomic E-state index is -1.62. The van der Waals surface area contributed by atoms with Crippen LogP contribution in [-0.4, -0.2) is 75.6 Å². The van der Waals surface area contributed by atoms with Crippen molar-refractivity contribution in [2.45, 2.75) is 61.9 Å². The fourth-order valence-corrected chi connectivity index (χ4v) is 6.15. The molecule has 1 aromatic rings. The molecule has 4 aliphatic rings. The second kappa shape index (κ2) is 7.19. The molecule has 10 heteroatoms. The summed E-state index contributed by atoms with van der Waals surface area (Å²) in [5, 5.41) is 31.7. The second-order valence-corrected chi connectivity index (χ2v) is 9.22. The van der Waals surface area contributed by atoms with Crippen LogP contribution in [0.2, 0.25) is 0 Å². The number of carboxylic acids is 1. The number of rotatable bonds is 5. The van der Waals surface area contributed by atoms with Crippen LogP contribution in [-0.2, 0) is 35.7 Å². The molecule has 2 bridgehead atoms. The summed E-state index contributed by atoms with van der Waals surface area (Å²) in [7, 11) is 1.96. The number of aliphatic hydroxyl groups is 1. The highest BCUT2D eigenvalue weighted by Gasteiger charge is 2.72. The number of likely N-dealkylation sites (N-methyl/N-ethyl adjacent to an activating group) is 1. The summed E-state index contributed by atoms with van der Waals surface area (Å²) in [6.07, 6.45) is -0.427. The topological polar surface area (TPSA) is 143 Å². The van der Waals surface area contributed by atoms with E-state index in [2.05, 4.69) is 4.90 Å². The molecule has 1 aromatic carbocycles. The molecule has 5 rings (SSSR count). The zero-order valence-electron chi connectivity index (χ0n) is 18.2. The molecule has 0 aromatic heterocycles. The molecule has 33 heavy (non-hydrogen) atoms. The monoisotopic (exact) mass is 459 g/mol. The lowest BCUT2D eigenvalue weighted by Crippen LogP contribution is -2.74. The van der Waals surface area contributed by atoms with E-state index in [1.165, 1.54) is 0 Å². The number of piperidine rings is 1. The molecular weight excluding hydrogens is 434 g/mol. The predicted octanol–water partition coefficient (Wildman–Crippen LogP) is 0.619. The number of ether oxygens (including phenoxy) is 3. The summed E-state index contributed by atoms with van der Waals surface area (Å²) in [5.41, 5.74) is -0.464. The van der Waals surface area contributed by atoms with Crippen LogP contribution < -0.4 is 4.74 Å². The molecule has 5 atom stereocenters. The summed E-state index contributed by atoms with van der Waals surface area (Å²) in [6.45, 7) is 1.74. The van der Waals surface area contributed by atoms with Crippen LogP contribution in [0.5, 0.6) is 11.5 Å². The Morgan fingerprint density at radius 1 is 1.33 bits per heavy atom. The zero-order chi connectivity index (χ0) is 23.7. The average Bonchev–Trinajstić information content (AvgIpc) is 3.09. The van der Waals surface area contributed by atoms with Gasteiger partial charge in [-0.05, 0) is 44.1 Å². The fourth-order valence-electron chi connectivity index (χ4n) is 6.15. The minimum Gasteiger partial charge on any atom is -0.504 e. The quantitative estimate of drug-likeness (QED) is 0.536. The molecule has 0 unspecified atom stereocenters. The van der Waals surface area contributed by atoms with E-state index in [4.69, 9.17) is 19.3 Å². The van der Waals surface area contributed by atoms with E-state index in [1.54, 1.807) is 12.1 Å². The Kier molecular flexibility index (Phi) is 4.74. The standard InChI is InChI=1S/C23H25NO9/c1-11(25)31-15(10-17(27)28)21(29)32-14-5-6-23(30)16-9-12-3-4-13(26)19-18(12)22(23,20(14)33-19)7-8-24(16)2/h3-5,15-16,20,26,30H,6-10H2,1-2H3,(H,27,28)/t15-,16-,20+,22+,23-/m0/s1. The lowest BCUT2D eigenvalue weighted by Gasteiger charge is -2.61. The highest BCUT2D eigenvalue weighted by Crippen LogP contribution is 2.65. The molecular formula is C23H25NO9. The van der Waals surface area contributed by atoms with Crippen molar-refractivity contribution in [3.8, 4) is 11.5 Å². The Bertz CT molecular complexity index is 1080. The SMILES string of the molecule is CC(=O)O[C@@H](CC(=O)O)C(=O)OC1=CC[C@]2(O)[C@@H]3Cc4ccc(O)c5c4[C@]2(CCN3C)[C@@H]1O5. The summed E-state index contributed by atoms with van der Waals surface area (Å²) in [6, 6.07) is 3.19. The lowest BCUT2D eigenvalue weighted by atomic mass is 9.50. The van der Waals surface area contributed by atoms with Crippen molar-refractivity contribution in [1.82, 2.24) is 4.90 Å². The van der Waals surface area contributed by atoms with Crippen molar-refractivity contribution >= 4 is 17.9 Å². The number of hydrogen-bond donors (Lipinski definition) is 3. The number of benzene rings is 1. The van der Waals surface area contributed by atoms with Crippen LogP contribution in [0.25, 0.3) is 0 Å². The van der Waals surface area contributed by atoms with E-state index in [0.717, 1.165) is 18.1 Å². The molecule has 1 fully saturated rings. The molecule has 2 aliphatic heterocycles. The van der Waals surface area contributed by atoms with E-state index < -0.39 is 47.6 Å². The Hall–Kier alpha value is -3.11. The maximum Gasteiger partial charge on any atom is 0.353 e. The van der Waals surface area contributed by atoms with Gasteiger partial charge in [0.2, 0.25) is 6.10 Å². The van der Waals surface area contributed by atoms with Crippen LogP contribution >= 0.6 is 0 Å². The van der Waals surface area contributed by atoms with Gasteiger partial charge in [0.25, 0.3) is 0 Å². The van der Waals surface area contributed by atoms with Gasteiger partial charge in [-0.15, -0.1) is 0 Å². The molecule has 2 heterocycles. The van der Waals surface area contributed by atoms with Gasteiger partial charge in [0.15, 0.2) is 17.6 Å². The number of carbonyl (C=O) groups excluding carboxylic acids is 2. The molecule has 176 valence electrons. The Balaban J connectivity index is 1.56. The number of hydrogen-bond acceptors (Lipinski definition) is 9. The predicted molar refractivity (Wildman–Crippen MR) is 110 cm³/mol. The van der Waals surface area contributed by atoms with Gasteiger partial charge in [0, 0.05) is 24.9 Å². The average molecular weight is 459 g/mol. The van der Waals surface area contributed by atoms with Crippen molar-refractivity contribution in [3.63, 3.8) is 0 Å². The smallest absolute Gasteiger partial charge is 0.353 e. The number of phenolic OH excluding ortho intramolecular Hbond substituents is 1. The molecule has 2 aliphatic carbocycles. The van der Waals surface area contributed by atoms with E-state index in [0.29, 0.717) is 19.4 Å². The summed E-state index contributed by atoms with van der Waals surface area (Å²) >= 11 is 0. The van der Waals surface area contributed by atoms with Gasteiger partial charge in [-0.2, -0.15) is 0 Å². The highest BCUT2D eigenvalue weighted by molar-refractivity contribution is 5.84. The van der Waals surface area contributed by atoms with Gasteiger partial charge in [-0.1, -0.05) is 6.07 Å². The van der Waals surface area contributed by atoms with Crippen LogP contribution in [0, 0.1) is 0 Å². The van der Waals surface area contributed by atoms with Crippen molar-refractivity contribution in [2.75, 3.05) is 13.6 Å². The molecule has 0 saturated carbocycles. The first-order valence-corrected chi connectivity index (χ1v) is 10.8. The molecule has 10 nitrogen and oxygen atoms in total. The highest BCUT2D eigenvalue weighted by atomic mass is 16.6. The molecule has 1 spiro atoms. The largest absolute Gasteiger partial charge is 0.504 e. The Labute approximate surface area is 189 Å². The number of aromatic hydroxyl groups is 1. The number of carboxylic acid groups (broad SMARTS) is 1. The summed E-state index contributed by atoms with van der Waals surface area (Å²) in [5.74, 6) is -2.86. The molecule has 1 saturated heterocycles. The number of nitrogens with zero attached hydrogens (tertiary/aromatic N) is 1. The van der Waals surface area contributed by atoms with E-state index in [1.807, 2.05) is 13.1 Å². The van der Waals surface area contributed by atoms with Crippen molar-refractivity contribution in [1.29, 1.82) is 0 Å². The van der Waals surface area contributed by atoms with E-state index in [-0.39, 0.29) is 29.7 Å². The van der Waals surface area contributed by atoms with Crippen LogP contribution in [0.3, 0.4) is 0 Å². The molecule has 3 N–H and O–H groups in total. The first-order chi connectivity index (χ1) is 15.6. The van der Waals surface area contributed by atoms with Gasteiger partial charge in [-0.3, -0.25) is 9.59 Å². The third kappa shape index (κ3) is 2.90. The van der Waals surface area contributed by atoms with E-state index >= 15 is 0 Å². The van der Waals surface area contributed by atoms with Crippen molar-refractivity contribution < 1.29 is 43.9 Å². The maximum absolute atomic E-state index is 12.8. The van der Waals surface area contributed by atoms with Crippen molar-refractivity contribution in [2.24, 2.45) is 0 Å². The van der Waals surface area contributed by atoms with E-state index in [9.17, 15) is 24.6 Å². The third-order valence-electron chi connectivity index (χ3n) is 7.50. The summed E-state index contributed by atoms with van der Waals surface area (Å²) < 4.78 is 16.6. The number of aliphatic carboxylic acids is 1. The lowest BCUT2D eigenvalue weighted by molar-refractivity contribution is -0.177. The first kappa shape index (κ1) is 21.7. The maximum atomic E-state index is 12.8. The number of carbonyl (C=O) groups is 3. The van der Waals surface area contributed by atoms with Crippen LogP contribution in [0.1, 0.15) is 37.3 Å². The first-order valence-electron chi connectivity index (χ1n) is 10.8. The normalized spacial score (nSPS) is 32.2. The molecule has 0 amide bonds. The Morgan fingerprint density at radius 3 is 2.79 bits per heavy atom. The number of likely N-dealkylation sites (tertiary alicyclic amines) is 1. The minimum absolute atomic E-state index is 0.0633. The third-order valence-corrected chi connectivity index (χ3v) is 7.50.